The van der Waals surface area contributed by atoms with Crippen molar-refractivity contribution in [2.75, 3.05) is 5.75 Å². The van der Waals surface area contributed by atoms with Gasteiger partial charge in [0.05, 0.1) is 0 Å². The fraction of sp³-hybridized carbons (Fsp3) is 0.600. The van der Waals surface area contributed by atoms with Gasteiger partial charge in [-0.25, -0.2) is 8.78 Å². The molecule has 1 saturated heterocycles. The Morgan fingerprint density at radius 3 is 2.68 bits per heavy atom. The SMILES string of the molecule is CC(Cc1c(F)cccc1F)NC1CCCSC1C. The highest BCUT2D eigenvalue weighted by Gasteiger charge is 2.23. The van der Waals surface area contributed by atoms with Crippen molar-refractivity contribution in [3.63, 3.8) is 0 Å². The summed E-state index contributed by atoms with van der Waals surface area (Å²) >= 11 is 1.97. The van der Waals surface area contributed by atoms with Crippen molar-refractivity contribution < 1.29 is 8.78 Å². The second kappa shape index (κ2) is 6.71. The highest BCUT2D eigenvalue weighted by atomic mass is 32.2. The van der Waals surface area contributed by atoms with E-state index in [1.807, 2.05) is 18.7 Å². The van der Waals surface area contributed by atoms with E-state index >= 15 is 0 Å². The second-order valence-corrected chi connectivity index (χ2v) is 6.78. The first-order valence-corrected chi connectivity index (χ1v) is 7.93. The molecule has 0 bridgehead atoms. The first kappa shape index (κ1) is 14.8. The Kier molecular flexibility index (Phi) is 5.22. The van der Waals surface area contributed by atoms with E-state index in [9.17, 15) is 8.78 Å². The van der Waals surface area contributed by atoms with Gasteiger partial charge in [-0.2, -0.15) is 11.8 Å². The highest BCUT2D eigenvalue weighted by Crippen LogP contribution is 2.25. The molecule has 2 rings (SSSR count). The third kappa shape index (κ3) is 3.93. The maximum Gasteiger partial charge on any atom is 0.129 e. The van der Waals surface area contributed by atoms with Crippen LogP contribution < -0.4 is 5.32 Å². The molecule has 1 aromatic carbocycles. The third-order valence-corrected chi connectivity index (χ3v) is 5.06. The number of halogens is 2. The van der Waals surface area contributed by atoms with E-state index in [-0.39, 0.29) is 11.6 Å². The van der Waals surface area contributed by atoms with Gasteiger partial charge in [0, 0.05) is 22.9 Å². The quantitative estimate of drug-likeness (QED) is 0.904. The Balaban J connectivity index is 1.95. The minimum atomic E-state index is -0.445. The van der Waals surface area contributed by atoms with Crippen LogP contribution in [0, 0.1) is 11.6 Å². The molecule has 3 atom stereocenters. The zero-order chi connectivity index (χ0) is 13.8. The predicted octanol–water partition coefficient (Wildman–Crippen LogP) is 3.77. The van der Waals surface area contributed by atoms with Crippen LogP contribution in [0.5, 0.6) is 0 Å². The first-order chi connectivity index (χ1) is 9.08. The molecule has 1 heterocycles. The van der Waals surface area contributed by atoms with Gasteiger partial charge < -0.3 is 5.32 Å². The van der Waals surface area contributed by atoms with E-state index in [1.165, 1.54) is 30.4 Å². The maximum atomic E-state index is 13.6. The van der Waals surface area contributed by atoms with Crippen molar-refractivity contribution in [3.05, 3.63) is 35.4 Å². The van der Waals surface area contributed by atoms with Crippen LogP contribution in [0.25, 0.3) is 0 Å². The number of benzene rings is 1. The van der Waals surface area contributed by atoms with Crippen LogP contribution in [0.2, 0.25) is 0 Å². The van der Waals surface area contributed by atoms with Crippen molar-refractivity contribution in [2.24, 2.45) is 0 Å². The molecule has 1 N–H and O–H groups in total. The first-order valence-electron chi connectivity index (χ1n) is 6.88. The largest absolute Gasteiger partial charge is 0.310 e. The van der Waals surface area contributed by atoms with Crippen LogP contribution in [-0.2, 0) is 6.42 Å². The molecule has 1 aromatic rings. The molecule has 0 aliphatic carbocycles. The Hall–Kier alpha value is -0.610. The Bertz CT molecular complexity index is 404. The lowest BCUT2D eigenvalue weighted by Crippen LogP contribution is -2.44. The molecular formula is C15H21F2NS. The lowest BCUT2D eigenvalue weighted by molar-refractivity contribution is 0.401. The second-order valence-electron chi connectivity index (χ2n) is 5.30. The number of thioether (sulfide) groups is 1. The van der Waals surface area contributed by atoms with Crippen LogP contribution >= 0.6 is 11.8 Å². The zero-order valence-electron chi connectivity index (χ0n) is 11.5. The van der Waals surface area contributed by atoms with Gasteiger partial charge in [0.2, 0.25) is 0 Å². The summed E-state index contributed by atoms with van der Waals surface area (Å²) in [5.41, 5.74) is 0.193. The highest BCUT2D eigenvalue weighted by molar-refractivity contribution is 7.99. The monoisotopic (exact) mass is 285 g/mol. The summed E-state index contributed by atoms with van der Waals surface area (Å²) in [4.78, 5) is 0. The molecule has 0 radical (unpaired) electrons. The molecule has 4 heteroatoms. The van der Waals surface area contributed by atoms with Crippen LogP contribution in [0.1, 0.15) is 32.3 Å². The molecule has 3 unspecified atom stereocenters. The van der Waals surface area contributed by atoms with Gasteiger partial charge in [0.15, 0.2) is 0 Å². The number of hydrogen-bond donors (Lipinski definition) is 1. The Labute approximate surface area is 118 Å². The van der Waals surface area contributed by atoms with Crippen molar-refractivity contribution in [1.29, 1.82) is 0 Å². The van der Waals surface area contributed by atoms with Gasteiger partial charge >= 0.3 is 0 Å². The van der Waals surface area contributed by atoms with Gasteiger partial charge in [-0.3, -0.25) is 0 Å². The zero-order valence-corrected chi connectivity index (χ0v) is 12.3. The van der Waals surface area contributed by atoms with E-state index < -0.39 is 11.6 Å². The average Bonchev–Trinajstić information content (AvgIpc) is 2.37. The summed E-state index contributed by atoms with van der Waals surface area (Å²) < 4.78 is 27.2. The smallest absolute Gasteiger partial charge is 0.129 e. The summed E-state index contributed by atoms with van der Waals surface area (Å²) in [5, 5.41) is 4.09. The molecule has 19 heavy (non-hydrogen) atoms. The maximum absolute atomic E-state index is 13.6. The fourth-order valence-corrected chi connectivity index (χ4v) is 3.75. The summed E-state index contributed by atoms with van der Waals surface area (Å²) in [6.45, 7) is 4.22. The van der Waals surface area contributed by atoms with Gasteiger partial charge in [0.1, 0.15) is 11.6 Å². The summed E-state index contributed by atoms with van der Waals surface area (Å²) in [5.74, 6) is 0.329. The van der Waals surface area contributed by atoms with Gasteiger partial charge in [-0.05, 0) is 44.1 Å². The van der Waals surface area contributed by atoms with Gasteiger partial charge in [0.25, 0.3) is 0 Å². The minimum absolute atomic E-state index is 0.0811. The van der Waals surface area contributed by atoms with E-state index in [2.05, 4.69) is 12.2 Å². The summed E-state index contributed by atoms with van der Waals surface area (Å²) in [6.07, 6.45) is 2.76. The lowest BCUT2D eigenvalue weighted by atomic mass is 10.0. The molecule has 1 aliphatic heterocycles. The molecule has 1 nitrogen and oxygen atoms in total. The summed E-state index contributed by atoms with van der Waals surface area (Å²) in [6, 6.07) is 4.58. The topological polar surface area (TPSA) is 12.0 Å². The number of nitrogens with one attached hydrogen (secondary N) is 1. The van der Waals surface area contributed by atoms with Crippen LogP contribution in [0.3, 0.4) is 0 Å². The van der Waals surface area contributed by atoms with Crippen LogP contribution in [-0.4, -0.2) is 23.1 Å². The van der Waals surface area contributed by atoms with E-state index in [0.29, 0.717) is 17.7 Å². The Morgan fingerprint density at radius 1 is 1.37 bits per heavy atom. The number of rotatable bonds is 4. The number of hydrogen-bond acceptors (Lipinski definition) is 2. The normalized spacial score (nSPS) is 25.3. The van der Waals surface area contributed by atoms with Crippen molar-refractivity contribution in [1.82, 2.24) is 5.32 Å². The van der Waals surface area contributed by atoms with Crippen LogP contribution in [0.4, 0.5) is 8.78 Å². The average molecular weight is 285 g/mol. The predicted molar refractivity (Wildman–Crippen MR) is 77.6 cm³/mol. The van der Waals surface area contributed by atoms with Crippen molar-refractivity contribution >= 4 is 11.8 Å². The Morgan fingerprint density at radius 2 is 2.05 bits per heavy atom. The summed E-state index contributed by atoms with van der Waals surface area (Å²) in [7, 11) is 0. The van der Waals surface area contributed by atoms with Gasteiger partial charge in [-0.1, -0.05) is 13.0 Å². The minimum Gasteiger partial charge on any atom is -0.310 e. The molecule has 0 aromatic heterocycles. The molecular weight excluding hydrogens is 264 g/mol. The molecule has 0 saturated carbocycles. The van der Waals surface area contributed by atoms with Crippen LogP contribution in [0.15, 0.2) is 18.2 Å². The van der Waals surface area contributed by atoms with Crippen molar-refractivity contribution in [3.8, 4) is 0 Å². The van der Waals surface area contributed by atoms with E-state index in [4.69, 9.17) is 0 Å². The fourth-order valence-electron chi connectivity index (χ4n) is 2.60. The molecule has 0 amide bonds. The third-order valence-electron chi connectivity index (χ3n) is 3.68. The lowest BCUT2D eigenvalue weighted by Gasteiger charge is -2.32. The molecule has 106 valence electrons. The standard InChI is InChI=1S/C15H21F2NS/c1-10(18-15-7-4-8-19-11(15)2)9-12-13(16)5-3-6-14(12)17/h3,5-6,10-11,15,18H,4,7-9H2,1-2H3. The van der Waals surface area contributed by atoms with E-state index in [1.54, 1.807) is 0 Å². The van der Waals surface area contributed by atoms with E-state index in [0.717, 1.165) is 6.42 Å². The van der Waals surface area contributed by atoms with Gasteiger partial charge in [-0.15, -0.1) is 0 Å². The molecule has 1 aliphatic rings. The molecule has 1 fully saturated rings. The van der Waals surface area contributed by atoms with Crippen molar-refractivity contribution in [2.45, 2.75) is 50.4 Å². The molecule has 0 spiro atoms.